The molecule has 8 aromatic carbocycles. The molecule has 4 aliphatic rings. The van der Waals surface area contributed by atoms with E-state index in [0.717, 1.165) is 167 Å². The van der Waals surface area contributed by atoms with Crippen LogP contribution in [-0.4, -0.2) is 186 Å². The number of halogens is 4. The zero-order valence-electron chi connectivity index (χ0n) is 81.0. The number of benzene rings is 8. The van der Waals surface area contributed by atoms with Crippen LogP contribution in [0.2, 0.25) is 0 Å². The molecule has 0 saturated carbocycles. The molecule has 12 heterocycles. The number of aliphatic imine (C=N–C) groups is 4. The maximum Gasteiger partial charge on any atom is 0.331 e. The Morgan fingerprint density at radius 3 is 0.921 bits per heavy atom. The zero-order chi connectivity index (χ0) is 98.9. The lowest BCUT2D eigenvalue weighted by Gasteiger charge is -2.28. The fraction of sp³-hybridized carbons (Fsp3) is 0.324. The molecular formula is C108H114F4N16O10S. The van der Waals surface area contributed by atoms with E-state index in [2.05, 4.69) is 163 Å². The topological polar surface area (TPSA) is 289 Å². The van der Waals surface area contributed by atoms with Crippen molar-refractivity contribution in [1.29, 1.82) is 0 Å². The van der Waals surface area contributed by atoms with Crippen LogP contribution in [0.4, 0.5) is 17.6 Å². The van der Waals surface area contributed by atoms with Gasteiger partial charge >= 0.3 is 5.97 Å². The number of hydrogen-bond acceptors (Lipinski definition) is 17. The van der Waals surface area contributed by atoms with Gasteiger partial charge < -0.3 is 52.5 Å². The first-order valence-electron chi connectivity index (χ1n) is 45.9. The Morgan fingerprint density at radius 2 is 0.647 bits per heavy atom. The van der Waals surface area contributed by atoms with Crippen LogP contribution in [0.15, 0.2) is 215 Å². The molecule has 26 nitrogen and oxygen atoms in total. The number of carboxylic acids is 1. The summed E-state index contributed by atoms with van der Waals surface area (Å²) in [5.41, 5.74) is 24.4. The molecule has 0 fully saturated rings. The van der Waals surface area contributed by atoms with E-state index in [1.807, 2.05) is 80.3 Å². The second-order valence-corrected chi connectivity index (χ2v) is 41.9. The van der Waals surface area contributed by atoms with Crippen LogP contribution in [0.1, 0.15) is 150 Å². The molecule has 139 heavy (non-hydrogen) atoms. The third-order valence-corrected chi connectivity index (χ3v) is 26.9. The highest BCUT2D eigenvalue weighted by Gasteiger charge is 2.41. The third kappa shape index (κ3) is 18.7. The van der Waals surface area contributed by atoms with Crippen LogP contribution >= 0.6 is 0 Å². The molecule has 3 N–H and O–H groups in total. The monoisotopic (exact) mass is 1900 g/mol. The summed E-state index contributed by atoms with van der Waals surface area (Å²) in [5, 5.41) is 51.1. The van der Waals surface area contributed by atoms with Crippen molar-refractivity contribution in [1.82, 2.24) is 57.4 Å². The van der Waals surface area contributed by atoms with Crippen molar-refractivity contribution >= 4 is 84.3 Å². The summed E-state index contributed by atoms with van der Waals surface area (Å²) in [4.78, 5) is 29.7. The second-order valence-electron chi connectivity index (χ2n) is 39.8. The lowest BCUT2D eigenvalue weighted by atomic mass is 9.85. The molecule has 0 atom stereocenters. The van der Waals surface area contributed by atoms with Gasteiger partial charge in [-0.3, -0.25) is 38.7 Å². The summed E-state index contributed by atoms with van der Waals surface area (Å²) in [5.74, 6) is -2.34. The zero-order valence-corrected chi connectivity index (χ0v) is 81.9. The molecule has 0 bridgehead atoms. The number of fused-ring (bicyclic) bond motifs is 8. The van der Waals surface area contributed by atoms with Gasteiger partial charge in [-0.1, -0.05) is 55.4 Å². The molecule has 4 aliphatic heterocycles. The summed E-state index contributed by atoms with van der Waals surface area (Å²) in [6.45, 7) is 29.0. The Labute approximate surface area is 803 Å². The van der Waals surface area contributed by atoms with Gasteiger partial charge in [-0.05, 0) is 218 Å². The normalized spacial score (nSPS) is 13.5. The van der Waals surface area contributed by atoms with Gasteiger partial charge in [-0.15, -0.1) is 0 Å². The molecule has 31 heteroatoms. The average Bonchev–Trinajstić information content (AvgIpc) is 1.57. The minimum Gasteiger partial charge on any atom is -0.479 e. The average molecular weight is 1900 g/mol. The van der Waals surface area contributed by atoms with Crippen molar-refractivity contribution < 1.29 is 65.0 Å². The van der Waals surface area contributed by atoms with E-state index in [1.54, 1.807) is 108 Å². The number of aliphatic hydroxyl groups excluding tert-OH is 2. The van der Waals surface area contributed by atoms with E-state index in [4.69, 9.17) is 18.9 Å². The van der Waals surface area contributed by atoms with Gasteiger partial charge in [0.15, 0.2) is 15.4 Å². The Morgan fingerprint density at radius 1 is 0.381 bits per heavy atom. The minimum absolute atomic E-state index is 0.0192. The Hall–Kier alpha value is -13.7. The Bertz CT molecular complexity index is 7650. The highest BCUT2D eigenvalue weighted by atomic mass is 32.2. The molecule has 720 valence electrons. The Kier molecular flexibility index (Phi) is 26.5. The van der Waals surface area contributed by atoms with Crippen molar-refractivity contribution in [2.24, 2.45) is 20.0 Å². The Balaban J connectivity index is 0.000000128. The van der Waals surface area contributed by atoms with Gasteiger partial charge in [-0.2, -0.15) is 20.4 Å². The minimum atomic E-state index is -3.26. The summed E-state index contributed by atoms with van der Waals surface area (Å²) in [6, 6.07) is 43.4. The van der Waals surface area contributed by atoms with Crippen molar-refractivity contribution in [3.05, 3.63) is 286 Å². The second kappa shape index (κ2) is 37.9. The highest BCUT2D eigenvalue weighted by molar-refractivity contribution is 7.89. The van der Waals surface area contributed by atoms with Gasteiger partial charge in [0.2, 0.25) is 0 Å². The van der Waals surface area contributed by atoms with E-state index in [-0.39, 0.29) is 53.2 Å². The van der Waals surface area contributed by atoms with Crippen LogP contribution in [-0.2, 0) is 105 Å². The predicted molar refractivity (Wildman–Crippen MR) is 538 cm³/mol. The van der Waals surface area contributed by atoms with E-state index < -0.39 is 37.7 Å². The van der Waals surface area contributed by atoms with E-state index in [9.17, 15) is 46.1 Å². The predicted octanol–water partition coefficient (Wildman–Crippen LogP) is 19.5. The van der Waals surface area contributed by atoms with Crippen molar-refractivity contribution in [2.45, 2.75) is 154 Å². The number of aromatic nitrogens is 12. The fourth-order valence-electron chi connectivity index (χ4n) is 19.7. The van der Waals surface area contributed by atoms with E-state index in [1.165, 1.54) is 75.3 Å². The summed E-state index contributed by atoms with van der Waals surface area (Å²) >= 11 is 0. The van der Waals surface area contributed by atoms with E-state index >= 15 is 0 Å². The lowest BCUT2D eigenvalue weighted by Crippen LogP contribution is -2.35. The van der Waals surface area contributed by atoms with Crippen LogP contribution in [0.25, 0.3) is 111 Å². The van der Waals surface area contributed by atoms with Crippen LogP contribution < -0.4 is 0 Å². The SMILES string of the molecule is COCC(C)(C)c1c(-c2cnn(C(C)(C)C(=O)O)c2)c2cc3c(cc2n1-c1ccc(F)cc1)C=NC3.COCC(C)(C)c1c(-c2cnn(C(C)(C)CO)c2)c2cc3c(cc2n1-c1ccc(F)cc1)C=NC3.COCC(C)(C)c1c(-c2cnn(CCO)c2)c2cc3c(cc2n1-c1ccc(F)cc1)C=NC3.COCC(C)(C)c1c(-c2cnn(CS(C)(=O)=O)c2)c2cc3c(cc2n1-c1ccc(F)cc1)C=NC3. The first-order chi connectivity index (χ1) is 66.2. The van der Waals surface area contributed by atoms with Crippen LogP contribution in [0.5, 0.6) is 0 Å². The highest BCUT2D eigenvalue weighted by Crippen LogP contribution is 2.51. The molecular weight excluding hydrogens is 1790 g/mol. The summed E-state index contributed by atoms with van der Waals surface area (Å²) in [6.07, 6.45) is 23.4. The van der Waals surface area contributed by atoms with Gasteiger partial charge in [0.05, 0.1) is 125 Å². The third-order valence-electron chi connectivity index (χ3n) is 26.2. The molecule has 0 unspecified atom stereocenters. The van der Waals surface area contributed by atoms with Gasteiger partial charge in [0.25, 0.3) is 0 Å². The number of aliphatic hydroxyl groups is 2. The van der Waals surface area contributed by atoms with Crippen molar-refractivity contribution in [3.8, 4) is 67.3 Å². The number of ether oxygens (including phenoxy) is 4. The number of carbonyl (C=O) groups is 1. The lowest BCUT2D eigenvalue weighted by molar-refractivity contribution is -0.146. The first-order valence-corrected chi connectivity index (χ1v) is 47.9. The molecule has 0 aliphatic carbocycles. The number of aliphatic carboxylic acids is 1. The molecule has 0 radical (unpaired) electrons. The fourth-order valence-corrected chi connectivity index (χ4v) is 20.3. The maximum atomic E-state index is 13.9. The number of methoxy groups -OCH3 is 4. The van der Waals surface area contributed by atoms with Crippen molar-refractivity contribution in [3.63, 3.8) is 0 Å². The number of carboxylic acid groups (broad SMARTS) is 1. The molecule has 0 amide bonds. The number of nitrogens with zero attached hydrogens (tertiary/aromatic N) is 16. The first kappa shape index (κ1) is 97.0. The van der Waals surface area contributed by atoms with Crippen LogP contribution in [0, 0.1) is 23.3 Å². The smallest absolute Gasteiger partial charge is 0.331 e. The van der Waals surface area contributed by atoms with Gasteiger partial charge in [0, 0.05) is 218 Å². The number of sulfone groups is 1. The number of hydrogen-bond donors (Lipinski definition) is 3. The summed E-state index contributed by atoms with van der Waals surface area (Å²) in [7, 11) is 3.49. The van der Waals surface area contributed by atoms with Gasteiger partial charge in [-0.25, -0.2) is 30.8 Å². The standard InChI is InChI=1S/C28H29FN4O3.C28H31FN4O2.C26H27FN4O3S.C26H27FN4O2/c1-27(2,16-36-5)25-24(19-14-31-32(15-19)28(3,4)26(34)35)22-10-17-12-30-13-18(17)11-23(22)33(25)21-8-6-20(29)7-9-21;1-27(2,17-35-5)26-25(20-14-31-32(15-20)28(3,4)16-34)23-10-18-12-30-13-19(18)11-24(23)33(26)22-8-6-21(29)7-9-22;1-26(2,15-34-3)25-24(19-13-29-30(14-19)16-35(4,32)33)22-9-17-11-28-12-18(17)10-23(22)31(25)21-7-5-20(27)6-8-21;1-26(2,16-33-3)25-24(19-14-29-30(15-19)8-9-32)22-10-17-12-28-13-18(17)11-23(22)31(25)21-6-4-20(27)5-7-21/h6-11,13-15H,12,16H2,1-5H3,(H,34,35);6-11,13-15,34H,12,16-17H2,1-5H3;5-10,12-14H,11,15-16H2,1-4H3;4-7,10-11,13-15,32H,8-9,12,16H2,1-3H3. The molecule has 8 aromatic heterocycles. The number of rotatable bonds is 28. The molecule has 16 aromatic rings. The molecule has 20 rings (SSSR count). The van der Waals surface area contributed by atoms with Crippen molar-refractivity contribution in [2.75, 3.05) is 74.3 Å². The largest absolute Gasteiger partial charge is 0.479 e. The van der Waals surface area contributed by atoms with Gasteiger partial charge in [0.1, 0.15) is 29.1 Å². The maximum absolute atomic E-state index is 13.9. The quantitative estimate of drug-likeness (QED) is 0.0384. The van der Waals surface area contributed by atoms with E-state index in [0.29, 0.717) is 59.2 Å². The van der Waals surface area contributed by atoms with Crippen LogP contribution in [0.3, 0.4) is 0 Å². The summed E-state index contributed by atoms with van der Waals surface area (Å²) < 4.78 is 117. The molecule has 0 saturated heterocycles. The molecule has 0 spiro atoms.